The minimum Gasteiger partial charge on any atom is -0.443 e. The van der Waals surface area contributed by atoms with Crippen molar-refractivity contribution in [1.29, 1.82) is 0 Å². The maximum Gasteiger partial charge on any atom is 0.325 e. The van der Waals surface area contributed by atoms with E-state index in [1.165, 1.54) is 0 Å². The first-order valence-electron chi connectivity index (χ1n) is 7.72. The molecule has 3 rings (SSSR count). The summed E-state index contributed by atoms with van der Waals surface area (Å²) in [6.07, 6.45) is 3.22. The molecule has 0 unspecified atom stereocenters. The second kappa shape index (κ2) is 5.43. The van der Waals surface area contributed by atoms with Gasteiger partial charge in [0, 0.05) is 11.6 Å². The van der Waals surface area contributed by atoms with Gasteiger partial charge in [0.25, 0.3) is 5.91 Å². The van der Waals surface area contributed by atoms with Crippen molar-refractivity contribution in [1.82, 2.24) is 20.2 Å². The van der Waals surface area contributed by atoms with Gasteiger partial charge in [0.15, 0.2) is 5.54 Å². The van der Waals surface area contributed by atoms with Gasteiger partial charge in [0.05, 0.1) is 11.9 Å². The minimum absolute atomic E-state index is 0.0107. The highest BCUT2D eigenvalue weighted by atomic mass is 16.4. The van der Waals surface area contributed by atoms with Gasteiger partial charge in [0.1, 0.15) is 12.3 Å². The van der Waals surface area contributed by atoms with Crippen LogP contribution in [0.25, 0.3) is 0 Å². The summed E-state index contributed by atoms with van der Waals surface area (Å²) in [4.78, 5) is 34.5. The molecule has 7 nitrogen and oxygen atoms in total. The zero-order valence-corrected chi connectivity index (χ0v) is 14.2. The molecule has 1 saturated heterocycles. The number of aromatic nitrogens is 2. The van der Waals surface area contributed by atoms with Gasteiger partial charge in [-0.1, -0.05) is 26.8 Å². The van der Waals surface area contributed by atoms with Crippen molar-refractivity contribution in [2.45, 2.75) is 45.2 Å². The summed E-state index contributed by atoms with van der Waals surface area (Å²) in [5.74, 6) is 0.660. The molecule has 3 heterocycles. The Bertz CT molecular complexity index is 779. The molecule has 126 valence electrons. The number of oxazole rings is 1. The van der Waals surface area contributed by atoms with Crippen molar-refractivity contribution in [3.05, 3.63) is 47.9 Å². The lowest BCUT2D eigenvalue weighted by Gasteiger charge is -2.20. The summed E-state index contributed by atoms with van der Waals surface area (Å²) in [7, 11) is 0. The molecule has 2 aromatic heterocycles. The highest BCUT2D eigenvalue weighted by molar-refractivity contribution is 6.06. The average Bonchev–Trinajstić information content (AvgIpc) is 3.08. The molecule has 1 aliphatic heterocycles. The Morgan fingerprint density at radius 2 is 2.00 bits per heavy atom. The van der Waals surface area contributed by atoms with E-state index < -0.39 is 11.6 Å². The molecule has 0 saturated carbocycles. The van der Waals surface area contributed by atoms with E-state index >= 15 is 0 Å². The lowest BCUT2D eigenvalue weighted by Crippen LogP contribution is -2.41. The third-order valence-electron chi connectivity index (χ3n) is 4.04. The first-order valence-corrected chi connectivity index (χ1v) is 7.72. The number of amides is 3. The lowest BCUT2D eigenvalue weighted by atomic mass is 9.94. The standard InChI is InChI=1S/C17H20N4O3/c1-16(2,3)12-9-19-13(24-12)10-21-14(22)17(4,20-15(21)23)11-7-5-6-8-18-11/h5-9H,10H2,1-4H3,(H,20,23)/t17-/m1/s1. The number of rotatable bonds is 3. The second-order valence-corrected chi connectivity index (χ2v) is 7.03. The van der Waals surface area contributed by atoms with E-state index in [4.69, 9.17) is 4.42 Å². The summed E-state index contributed by atoms with van der Waals surface area (Å²) >= 11 is 0. The highest BCUT2D eigenvalue weighted by Crippen LogP contribution is 2.29. The normalized spacial score (nSPS) is 21.2. The summed E-state index contributed by atoms with van der Waals surface area (Å²) in [5.41, 5.74) is -0.878. The van der Waals surface area contributed by atoms with Crippen LogP contribution >= 0.6 is 0 Å². The smallest absolute Gasteiger partial charge is 0.325 e. The molecule has 24 heavy (non-hydrogen) atoms. The molecule has 0 spiro atoms. The van der Waals surface area contributed by atoms with E-state index in [1.807, 2.05) is 20.8 Å². The molecule has 0 aromatic carbocycles. The molecule has 1 atom stereocenters. The number of hydrogen-bond acceptors (Lipinski definition) is 5. The number of pyridine rings is 1. The van der Waals surface area contributed by atoms with Crippen molar-refractivity contribution >= 4 is 11.9 Å². The fourth-order valence-corrected chi connectivity index (χ4v) is 2.54. The van der Waals surface area contributed by atoms with Gasteiger partial charge >= 0.3 is 6.03 Å². The third-order valence-corrected chi connectivity index (χ3v) is 4.04. The number of urea groups is 1. The highest BCUT2D eigenvalue weighted by Gasteiger charge is 2.50. The Labute approximate surface area is 140 Å². The summed E-state index contributed by atoms with van der Waals surface area (Å²) in [6, 6.07) is 4.76. The molecule has 0 bridgehead atoms. The summed E-state index contributed by atoms with van der Waals surface area (Å²) < 4.78 is 5.68. The van der Waals surface area contributed by atoms with Crippen LogP contribution in [0.3, 0.4) is 0 Å². The van der Waals surface area contributed by atoms with Crippen molar-refractivity contribution in [3.8, 4) is 0 Å². The summed E-state index contributed by atoms with van der Waals surface area (Å²) in [5, 5.41) is 2.71. The SMILES string of the molecule is CC(C)(C)c1cnc(CN2C(=O)N[C@](C)(c3ccccn3)C2=O)o1. The molecular formula is C17H20N4O3. The molecule has 0 aliphatic carbocycles. The van der Waals surface area contributed by atoms with Crippen LogP contribution in [0.4, 0.5) is 4.79 Å². The maximum absolute atomic E-state index is 12.8. The van der Waals surface area contributed by atoms with Crippen LogP contribution in [0.15, 0.2) is 35.0 Å². The van der Waals surface area contributed by atoms with Gasteiger partial charge in [-0.05, 0) is 19.1 Å². The van der Waals surface area contributed by atoms with Gasteiger partial charge in [-0.15, -0.1) is 0 Å². The van der Waals surface area contributed by atoms with Gasteiger partial charge in [-0.3, -0.25) is 14.7 Å². The van der Waals surface area contributed by atoms with E-state index in [1.54, 1.807) is 37.5 Å². The molecule has 3 amide bonds. The fraction of sp³-hybridized carbons (Fsp3) is 0.412. The van der Waals surface area contributed by atoms with E-state index in [0.717, 1.165) is 4.90 Å². The molecule has 1 aliphatic rings. The maximum atomic E-state index is 12.8. The molecule has 2 aromatic rings. The fourth-order valence-electron chi connectivity index (χ4n) is 2.54. The largest absolute Gasteiger partial charge is 0.443 e. The molecule has 7 heteroatoms. The van der Waals surface area contributed by atoms with Gasteiger partial charge in [-0.25, -0.2) is 9.78 Å². The zero-order valence-electron chi connectivity index (χ0n) is 14.2. The molecule has 1 fully saturated rings. The Morgan fingerprint density at radius 3 is 2.58 bits per heavy atom. The first kappa shape index (κ1) is 16.2. The molecular weight excluding hydrogens is 308 g/mol. The van der Waals surface area contributed by atoms with E-state index in [0.29, 0.717) is 17.3 Å². The Hall–Kier alpha value is -2.70. The zero-order chi connectivity index (χ0) is 17.5. The number of imide groups is 1. The predicted molar refractivity (Wildman–Crippen MR) is 85.9 cm³/mol. The minimum atomic E-state index is -1.18. The monoisotopic (exact) mass is 328 g/mol. The van der Waals surface area contributed by atoms with Crippen molar-refractivity contribution in [2.75, 3.05) is 0 Å². The van der Waals surface area contributed by atoms with Crippen molar-refractivity contribution in [2.24, 2.45) is 0 Å². The molecule has 1 N–H and O–H groups in total. The summed E-state index contributed by atoms with van der Waals surface area (Å²) in [6.45, 7) is 7.64. The Balaban J connectivity index is 1.84. The first-order chi connectivity index (χ1) is 11.2. The Morgan fingerprint density at radius 1 is 1.25 bits per heavy atom. The van der Waals surface area contributed by atoms with Crippen LogP contribution in [-0.2, 0) is 22.3 Å². The van der Waals surface area contributed by atoms with Gasteiger partial charge in [-0.2, -0.15) is 0 Å². The number of nitrogens with zero attached hydrogens (tertiary/aromatic N) is 3. The topological polar surface area (TPSA) is 88.3 Å². The predicted octanol–water partition coefficient (Wildman–Crippen LogP) is 2.33. The van der Waals surface area contributed by atoms with Gasteiger partial charge in [0.2, 0.25) is 5.89 Å². The number of nitrogens with one attached hydrogen (secondary N) is 1. The Kier molecular flexibility index (Phi) is 3.66. The number of carbonyl (C=O) groups is 2. The average molecular weight is 328 g/mol. The van der Waals surface area contributed by atoms with Crippen LogP contribution in [0.2, 0.25) is 0 Å². The van der Waals surface area contributed by atoms with Crippen LogP contribution in [0, 0.1) is 0 Å². The van der Waals surface area contributed by atoms with E-state index in [2.05, 4.69) is 15.3 Å². The molecule has 0 radical (unpaired) electrons. The number of carbonyl (C=O) groups excluding carboxylic acids is 2. The van der Waals surface area contributed by atoms with Gasteiger partial charge < -0.3 is 9.73 Å². The van der Waals surface area contributed by atoms with Crippen molar-refractivity contribution in [3.63, 3.8) is 0 Å². The van der Waals surface area contributed by atoms with Crippen LogP contribution < -0.4 is 5.32 Å². The van der Waals surface area contributed by atoms with E-state index in [9.17, 15) is 9.59 Å². The quantitative estimate of drug-likeness (QED) is 0.874. The van der Waals surface area contributed by atoms with Crippen molar-refractivity contribution < 1.29 is 14.0 Å². The van der Waals surface area contributed by atoms with Crippen LogP contribution in [-0.4, -0.2) is 26.8 Å². The second-order valence-electron chi connectivity index (χ2n) is 7.03. The van der Waals surface area contributed by atoms with Crippen LogP contribution in [0.5, 0.6) is 0 Å². The van der Waals surface area contributed by atoms with Crippen LogP contribution in [0.1, 0.15) is 45.0 Å². The third kappa shape index (κ3) is 2.66. The lowest BCUT2D eigenvalue weighted by molar-refractivity contribution is -0.131. The number of hydrogen-bond donors (Lipinski definition) is 1. The van der Waals surface area contributed by atoms with E-state index in [-0.39, 0.29) is 17.9 Å².